The zero-order chi connectivity index (χ0) is 21.3. The Morgan fingerprint density at radius 3 is 1.82 bits per heavy atom. The van der Waals surface area contributed by atoms with Crippen molar-refractivity contribution >= 4 is 17.3 Å². The molecule has 0 fully saturated rings. The second kappa shape index (κ2) is 8.16. The van der Waals surface area contributed by atoms with Crippen LogP contribution in [-0.2, 0) is 17.3 Å². The average molecular weight is 402 g/mol. The monoisotopic (exact) mass is 401 g/mol. The minimum Gasteiger partial charge on any atom is -0.507 e. The highest BCUT2D eigenvalue weighted by Crippen LogP contribution is 2.40. The van der Waals surface area contributed by atoms with Crippen LogP contribution in [0.15, 0.2) is 41.6 Å². The maximum Gasteiger partial charge on any atom is 0.123 e. The van der Waals surface area contributed by atoms with E-state index in [1.54, 1.807) is 12.1 Å². The molecule has 0 aliphatic heterocycles. The van der Waals surface area contributed by atoms with Crippen molar-refractivity contribution in [2.75, 3.05) is 0 Å². The lowest BCUT2D eigenvalue weighted by atomic mass is 9.77. The Hall–Kier alpha value is -2.00. The number of phenols is 1. The molecule has 0 aromatic heterocycles. The Labute approximate surface area is 174 Å². The molecule has 2 rings (SSSR count). The lowest BCUT2D eigenvalue weighted by Gasteiger charge is -2.28. The van der Waals surface area contributed by atoms with E-state index in [0.717, 1.165) is 22.3 Å². The topological polar surface area (TPSA) is 52.8 Å². The number of nitrogens with zero attached hydrogens (tertiary/aromatic N) is 1. The number of benzene rings is 2. The van der Waals surface area contributed by atoms with Gasteiger partial charge in [-0.1, -0.05) is 89.5 Å². The van der Waals surface area contributed by atoms with Crippen LogP contribution in [0.3, 0.4) is 0 Å². The highest BCUT2D eigenvalue weighted by atomic mass is 35.5. The summed E-state index contributed by atoms with van der Waals surface area (Å²) in [5, 5.41) is 24.7. The van der Waals surface area contributed by atoms with E-state index in [4.69, 9.17) is 11.6 Å². The Morgan fingerprint density at radius 2 is 1.43 bits per heavy atom. The minimum atomic E-state index is -0.173. The Bertz CT molecular complexity index is 821. The number of oxime groups is 1. The van der Waals surface area contributed by atoms with Crippen LogP contribution in [0.5, 0.6) is 5.75 Å². The number of phenolic OH excluding ortho intramolecular Hbond substituents is 1. The first-order valence-corrected chi connectivity index (χ1v) is 10.1. The first kappa shape index (κ1) is 22.3. The molecule has 1 unspecified atom stereocenters. The molecule has 0 spiro atoms. The lowest BCUT2D eigenvalue weighted by molar-refractivity contribution is 0.315. The van der Waals surface area contributed by atoms with Gasteiger partial charge < -0.3 is 10.3 Å². The molecule has 0 saturated heterocycles. The molecule has 0 aliphatic carbocycles. The summed E-state index contributed by atoms with van der Waals surface area (Å²) in [6.45, 7) is 14.7. The Balaban J connectivity index is 2.45. The molecule has 0 bridgehead atoms. The fourth-order valence-corrected chi connectivity index (χ4v) is 3.59. The Kier molecular flexibility index (Phi) is 6.50. The van der Waals surface area contributed by atoms with Crippen molar-refractivity contribution in [3.63, 3.8) is 0 Å². The number of rotatable bonds is 4. The first-order valence-electron chi connectivity index (χ1n) is 9.69. The molecule has 2 aromatic rings. The van der Waals surface area contributed by atoms with Gasteiger partial charge in [0.1, 0.15) is 5.75 Å². The van der Waals surface area contributed by atoms with E-state index >= 15 is 0 Å². The maximum absolute atomic E-state index is 10.9. The van der Waals surface area contributed by atoms with Crippen molar-refractivity contribution in [1.29, 1.82) is 0 Å². The zero-order valence-corrected chi connectivity index (χ0v) is 18.7. The van der Waals surface area contributed by atoms with E-state index in [-0.39, 0.29) is 16.7 Å². The fraction of sp³-hybridized carbons (Fsp3) is 0.458. The van der Waals surface area contributed by atoms with Crippen LogP contribution in [0.2, 0.25) is 5.02 Å². The van der Waals surface area contributed by atoms with E-state index in [1.165, 1.54) is 0 Å². The Morgan fingerprint density at radius 1 is 0.964 bits per heavy atom. The van der Waals surface area contributed by atoms with Gasteiger partial charge in [0.2, 0.25) is 0 Å². The predicted octanol–water partition coefficient (Wildman–Crippen LogP) is 6.70. The molecule has 0 aliphatic rings. The van der Waals surface area contributed by atoms with Gasteiger partial charge in [-0.15, -0.1) is 0 Å². The molecule has 2 aromatic carbocycles. The van der Waals surface area contributed by atoms with Crippen molar-refractivity contribution in [1.82, 2.24) is 0 Å². The molecule has 1 atom stereocenters. The first-order chi connectivity index (χ1) is 12.8. The normalized spacial score (nSPS) is 14.2. The highest BCUT2D eigenvalue weighted by Gasteiger charge is 2.27. The summed E-state index contributed by atoms with van der Waals surface area (Å²) in [7, 11) is 0. The number of hydrogen-bond acceptors (Lipinski definition) is 3. The molecule has 2 N–H and O–H groups in total. The third-order valence-corrected chi connectivity index (χ3v) is 5.29. The number of hydrogen-bond donors (Lipinski definition) is 2. The fourth-order valence-electron chi connectivity index (χ4n) is 3.47. The number of aromatic hydroxyl groups is 1. The van der Waals surface area contributed by atoms with Crippen LogP contribution in [0.1, 0.15) is 70.7 Å². The highest BCUT2D eigenvalue weighted by molar-refractivity contribution is 6.30. The largest absolute Gasteiger partial charge is 0.507 e. The van der Waals surface area contributed by atoms with Crippen molar-refractivity contribution in [2.45, 2.75) is 65.7 Å². The molecule has 0 amide bonds. The van der Waals surface area contributed by atoms with Gasteiger partial charge in [-0.3, -0.25) is 0 Å². The van der Waals surface area contributed by atoms with Crippen LogP contribution >= 0.6 is 11.6 Å². The summed E-state index contributed by atoms with van der Waals surface area (Å²) in [6, 6.07) is 11.5. The van der Waals surface area contributed by atoms with Gasteiger partial charge in [0, 0.05) is 10.9 Å². The summed E-state index contributed by atoms with van der Waals surface area (Å²) < 4.78 is 0. The van der Waals surface area contributed by atoms with Gasteiger partial charge in [-0.05, 0) is 51.6 Å². The van der Waals surface area contributed by atoms with Gasteiger partial charge in [0.15, 0.2) is 0 Å². The van der Waals surface area contributed by atoms with Crippen molar-refractivity contribution in [3.8, 4) is 5.75 Å². The van der Waals surface area contributed by atoms with E-state index in [1.807, 2.05) is 19.1 Å². The van der Waals surface area contributed by atoms with Gasteiger partial charge in [0.25, 0.3) is 0 Å². The van der Waals surface area contributed by atoms with Crippen LogP contribution in [-0.4, -0.2) is 16.0 Å². The number of halogens is 1. The molecular weight excluding hydrogens is 370 g/mol. The summed E-state index contributed by atoms with van der Waals surface area (Å²) in [4.78, 5) is 0. The minimum absolute atomic E-state index is 0.00337. The molecule has 4 heteroatoms. The van der Waals surface area contributed by atoms with E-state index in [2.05, 4.69) is 58.8 Å². The van der Waals surface area contributed by atoms with Crippen LogP contribution < -0.4 is 0 Å². The summed E-state index contributed by atoms with van der Waals surface area (Å²) >= 11 is 5.98. The van der Waals surface area contributed by atoms with Gasteiger partial charge in [0.05, 0.1) is 5.71 Å². The van der Waals surface area contributed by atoms with E-state index < -0.39 is 0 Å². The van der Waals surface area contributed by atoms with Crippen LogP contribution in [0.25, 0.3) is 0 Å². The molecule has 3 nitrogen and oxygen atoms in total. The zero-order valence-electron chi connectivity index (χ0n) is 18.0. The molecule has 28 heavy (non-hydrogen) atoms. The van der Waals surface area contributed by atoms with Gasteiger partial charge in [-0.2, -0.15) is 0 Å². The molecule has 0 radical (unpaired) electrons. The quantitative estimate of drug-likeness (QED) is 0.340. The predicted molar refractivity (Wildman–Crippen MR) is 118 cm³/mol. The summed E-state index contributed by atoms with van der Waals surface area (Å²) in [6.07, 6.45) is 0.703. The molecular formula is C24H32ClNO2. The maximum atomic E-state index is 10.9. The SMILES string of the molecule is CC(Cc1cc(C(C)(C)C)c(O)c(C(C)(C)C)c1)/C(=N/O)c1ccc(Cl)cc1. The van der Waals surface area contributed by atoms with Crippen molar-refractivity contribution < 1.29 is 10.3 Å². The third kappa shape index (κ3) is 5.08. The average Bonchev–Trinajstić information content (AvgIpc) is 2.56. The molecule has 152 valence electrons. The van der Waals surface area contributed by atoms with E-state index in [0.29, 0.717) is 22.9 Å². The second-order valence-electron chi connectivity index (χ2n) is 9.64. The van der Waals surface area contributed by atoms with E-state index in [9.17, 15) is 10.3 Å². The van der Waals surface area contributed by atoms with Gasteiger partial charge in [-0.25, -0.2) is 0 Å². The third-order valence-electron chi connectivity index (χ3n) is 5.04. The molecule has 0 saturated carbocycles. The standard InChI is InChI=1S/C24H32ClNO2/c1-15(21(26-28)17-8-10-18(25)11-9-17)12-16-13-19(23(2,3)4)22(27)20(14-16)24(5,6)7/h8-11,13-15,27-28H,12H2,1-7H3/b26-21-. The lowest BCUT2D eigenvalue weighted by Crippen LogP contribution is -2.20. The smallest absolute Gasteiger partial charge is 0.123 e. The van der Waals surface area contributed by atoms with Crippen molar-refractivity contribution in [2.24, 2.45) is 11.1 Å². The van der Waals surface area contributed by atoms with Gasteiger partial charge >= 0.3 is 0 Å². The van der Waals surface area contributed by atoms with Crippen LogP contribution in [0, 0.1) is 5.92 Å². The summed E-state index contributed by atoms with van der Waals surface area (Å²) in [5.41, 5.74) is 4.13. The van der Waals surface area contributed by atoms with Crippen LogP contribution in [0.4, 0.5) is 0 Å². The summed E-state index contributed by atoms with van der Waals surface area (Å²) in [5.74, 6) is 0.376. The second-order valence-corrected chi connectivity index (χ2v) is 10.1. The van der Waals surface area contributed by atoms with Crippen molar-refractivity contribution in [3.05, 3.63) is 63.7 Å². The molecule has 0 heterocycles.